The number of hydrogen-bond donors (Lipinski definition) is 1. The first-order valence-electron chi connectivity index (χ1n) is 8.37. The van der Waals surface area contributed by atoms with Gasteiger partial charge in [0.1, 0.15) is 0 Å². The van der Waals surface area contributed by atoms with E-state index in [0.717, 1.165) is 24.5 Å². The van der Waals surface area contributed by atoms with Crippen molar-refractivity contribution in [3.63, 3.8) is 0 Å². The number of carbonyl (C=O) groups is 1. The molecule has 0 saturated carbocycles. The number of nitrogens with one attached hydrogen (secondary N) is 1. The third-order valence-electron chi connectivity index (χ3n) is 4.71. The van der Waals surface area contributed by atoms with Gasteiger partial charge in [-0.15, -0.1) is 11.3 Å². The van der Waals surface area contributed by atoms with Gasteiger partial charge in [-0.25, -0.2) is 0 Å². The molecule has 0 fully saturated rings. The average molecular weight is 371 g/mol. The lowest BCUT2D eigenvalue weighted by Crippen LogP contribution is -2.23. The van der Waals surface area contributed by atoms with Gasteiger partial charge in [-0.2, -0.15) is 0 Å². The highest BCUT2D eigenvalue weighted by Crippen LogP contribution is 2.39. The maximum absolute atomic E-state index is 12.4. The van der Waals surface area contributed by atoms with Crippen molar-refractivity contribution in [2.24, 2.45) is 0 Å². The Labute approximate surface area is 156 Å². The fourth-order valence-electron chi connectivity index (χ4n) is 3.41. The van der Waals surface area contributed by atoms with E-state index in [9.17, 15) is 4.79 Å². The molecule has 1 amide bonds. The normalized spacial score (nSPS) is 14.5. The highest BCUT2D eigenvalue weighted by molar-refractivity contribution is 7.19. The van der Waals surface area contributed by atoms with Gasteiger partial charge in [-0.05, 0) is 48.9 Å². The number of halogens is 1. The predicted molar refractivity (Wildman–Crippen MR) is 104 cm³/mol. The van der Waals surface area contributed by atoms with Gasteiger partial charge in [0.25, 0.3) is 5.91 Å². The first-order valence-corrected chi connectivity index (χ1v) is 9.56. The third-order valence-corrected chi connectivity index (χ3v) is 6.26. The first kappa shape index (κ1) is 16.6. The smallest absolute Gasteiger partial charge is 0.251 e. The van der Waals surface area contributed by atoms with Gasteiger partial charge in [0.15, 0.2) is 0 Å². The Morgan fingerprint density at radius 3 is 2.80 bits per heavy atom. The highest BCUT2D eigenvalue weighted by atomic mass is 35.5. The van der Waals surface area contributed by atoms with E-state index in [1.165, 1.54) is 26.1 Å². The minimum atomic E-state index is -0.0366. The molecule has 0 atom stereocenters. The zero-order valence-corrected chi connectivity index (χ0v) is 15.6. The van der Waals surface area contributed by atoms with Crippen LogP contribution in [0.3, 0.4) is 0 Å². The van der Waals surface area contributed by atoms with Crippen LogP contribution in [0.4, 0.5) is 0 Å². The Hall–Kier alpha value is -1.88. The molecule has 1 aliphatic rings. The van der Waals surface area contributed by atoms with Gasteiger partial charge in [0, 0.05) is 38.6 Å². The number of nitrogens with zero attached hydrogens (tertiary/aromatic N) is 1. The van der Waals surface area contributed by atoms with Crippen LogP contribution in [0.2, 0.25) is 5.02 Å². The molecule has 1 aromatic heterocycles. The molecule has 0 bridgehead atoms. The number of benzene rings is 2. The molecule has 0 radical (unpaired) electrons. The molecular weight excluding hydrogens is 352 g/mol. The zero-order chi connectivity index (χ0) is 17.4. The summed E-state index contributed by atoms with van der Waals surface area (Å²) in [5, 5.41) is 5.21. The molecular formula is C20H19ClN2OS. The molecule has 1 N–H and O–H groups in total. The van der Waals surface area contributed by atoms with Crippen molar-refractivity contribution in [2.45, 2.75) is 19.5 Å². The van der Waals surface area contributed by atoms with Crippen LogP contribution in [0.1, 0.15) is 26.4 Å². The lowest BCUT2D eigenvalue weighted by atomic mass is 10.0. The third kappa shape index (κ3) is 3.17. The summed E-state index contributed by atoms with van der Waals surface area (Å²) in [6.07, 6.45) is 0.965. The second-order valence-electron chi connectivity index (χ2n) is 6.44. The summed E-state index contributed by atoms with van der Waals surface area (Å²) in [6, 6.07) is 13.4. The standard InChI is InChI=1S/C20H19ClN2OS/c1-23-10-9-14-16(21)7-8-17-19(14)15(12-23)18(25-17)11-22-20(24)13-5-3-2-4-6-13/h2-8H,9-12H2,1H3,(H,22,24). The maximum Gasteiger partial charge on any atom is 0.251 e. The summed E-state index contributed by atoms with van der Waals surface area (Å²) in [5.41, 5.74) is 3.25. The van der Waals surface area contributed by atoms with E-state index in [2.05, 4.69) is 23.3 Å². The highest BCUT2D eigenvalue weighted by Gasteiger charge is 2.22. The van der Waals surface area contributed by atoms with Crippen LogP contribution < -0.4 is 5.32 Å². The molecule has 128 valence electrons. The van der Waals surface area contributed by atoms with Crippen molar-refractivity contribution in [3.05, 3.63) is 69.1 Å². The molecule has 25 heavy (non-hydrogen) atoms. The van der Waals surface area contributed by atoms with Gasteiger partial charge < -0.3 is 10.2 Å². The van der Waals surface area contributed by atoms with E-state index in [4.69, 9.17) is 11.6 Å². The quantitative estimate of drug-likeness (QED) is 0.737. The molecule has 1 aliphatic heterocycles. The molecule has 2 aromatic carbocycles. The molecule has 5 heteroatoms. The van der Waals surface area contributed by atoms with Gasteiger partial charge in [0.2, 0.25) is 0 Å². The zero-order valence-electron chi connectivity index (χ0n) is 14.0. The Balaban J connectivity index is 1.67. The van der Waals surface area contributed by atoms with E-state index in [-0.39, 0.29) is 5.91 Å². The minimum Gasteiger partial charge on any atom is -0.347 e. The van der Waals surface area contributed by atoms with Crippen LogP contribution in [0.15, 0.2) is 42.5 Å². The number of amides is 1. The van der Waals surface area contributed by atoms with Crippen molar-refractivity contribution in [3.8, 4) is 0 Å². The van der Waals surface area contributed by atoms with Gasteiger partial charge >= 0.3 is 0 Å². The number of carbonyl (C=O) groups excluding carboxylic acids is 1. The van der Waals surface area contributed by atoms with E-state index in [1.807, 2.05) is 36.4 Å². The molecule has 0 spiro atoms. The Kier molecular flexibility index (Phi) is 4.50. The molecule has 0 saturated heterocycles. The summed E-state index contributed by atoms with van der Waals surface area (Å²) in [6.45, 7) is 2.44. The summed E-state index contributed by atoms with van der Waals surface area (Å²) < 4.78 is 1.26. The summed E-state index contributed by atoms with van der Waals surface area (Å²) >= 11 is 8.22. The van der Waals surface area contributed by atoms with Crippen LogP contribution in [-0.2, 0) is 19.5 Å². The predicted octanol–water partition coefficient (Wildman–Crippen LogP) is 4.47. The van der Waals surface area contributed by atoms with E-state index >= 15 is 0 Å². The molecule has 4 rings (SSSR count). The molecule has 0 unspecified atom stereocenters. The molecule has 3 aromatic rings. The van der Waals surface area contributed by atoms with Crippen molar-refractivity contribution in [1.29, 1.82) is 0 Å². The Morgan fingerprint density at radius 2 is 2.00 bits per heavy atom. The summed E-state index contributed by atoms with van der Waals surface area (Å²) in [4.78, 5) is 15.9. The number of rotatable bonds is 3. The van der Waals surface area contributed by atoms with Gasteiger partial charge in [-0.3, -0.25) is 4.79 Å². The van der Waals surface area contributed by atoms with Gasteiger partial charge in [0.05, 0.1) is 6.54 Å². The number of hydrogen-bond acceptors (Lipinski definition) is 3. The lowest BCUT2D eigenvalue weighted by Gasteiger charge is -2.14. The lowest BCUT2D eigenvalue weighted by molar-refractivity contribution is 0.0951. The topological polar surface area (TPSA) is 32.3 Å². The van der Waals surface area contributed by atoms with Crippen LogP contribution >= 0.6 is 22.9 Å². The van der Waals surface area contributed by atoms with E-state index in [1.54, 1.807) is 11.3 Å². The Morgan fingerprint density at radius 1 is 1.20 bits per heavy atom. The monoisotopic (exact) mass is 370 g/mol. The second-order valence-corrected chi connectivity index (χ2v) is 7.98. The van der Waals surface area contributed by atoms with Crippen LogP contribution in [0.5, 0.6) is 0 Å². The summed E-state index contributed by atoms with van der Waals surface area (Å²) in [7, 11) is 2.13. The van der Waals surface area contributed by atoms with Crippen molar-refractivity contribution >= 4 is 38.9 Å². The fourth-order valence-corrected chi connectivity index (χ4v) is 4.84. The van der Waals surface area contributed by atoms with E-state index in [0.29, 0.717) is 12.1 Å². The average Bonchev–Trinajstić information content (AvgIpc) is 2.86. The van der Waals surface area contributed by atoms with Gasteiger partial charge in [-0.1, -0.05) is 29.8 Å². The van der Waals surface area contributed by atoms with Crippen LogP contribution in [0, 0.1) is 0 Å². The molecule has 0 aliphatic carbocycles. The largest absolute Gasteiger partial charge is 0.347 e. The van der Waals surface area contributed by atoms with Crippen LogP contribution in [-0.4, -0.2) is 24.4 Å². The first-order chi connectivity index (χ1) is 12.1. The summed E-state index contributed by atoms with van der Waals surface area (Å²) in [5.74, 6) is -0.0366. The Bertz CT molecular complexity index is 936. The number of likely N-dealkylation sites (N-methyl/N-ethyl adjacent to an activating group) is 1. The molecule has 3 nitrogen and oxygen atoms in total. The van der Waals surface area contributed by atoms with Crippen molar-refractivity contribution < 1.29 is 4.79 Å². The molecule has 2 heterocycles. The second kappa shape index (κ2) is 6.79. The van der Waals surface area contributed by atoms with Crippen molar-refractivity contribution in [2.75, 3.05) is 13.6 Å². The number of thiophene rings is 1. The van der Waals surface area contributed by atoms with Crippen molar-refractivity contribution in [1.82, 2.24) is 10.2 Å². The maximum atomic E-state index is 12.4. The fraction of sp³-hybridized carbons (Fsp3) is 0.250. The van der Waals surface area contributed by atoms with E-state index < -0.39 is 0 Å². The minimum absolute atomic E-state index is 0.0366. The SMILES string of the molecule is CN1CCc2c(Cl)ccc3sc(CNC(=O)c4ccccc4)c(c23)C1. The van der Waals surface area contributed by atoms with Crippen LogP contribution in [0.25, 0.3) is 10.1 Å².